The van der Waals surface area contributed by atoms with Gasteiger partial charge >= 0.3 is 5.97 Å². The van der Waals surface area contributed by atoms with Crippen molar-refractivity contribution in [2.24, 2.45) is 0 Å². The zero-order chi connectivity index (χ0) is 24.7. The molecule has 0 heterocycles. The molecule has 1 atom stereocenters. The second-order valence-electron chi connectivity index (χ2n) is 9.84. The van der Waals surface area contributed by atoms with E-state index in [1.165, 1.54) is 56.1 Å². The minimum Gasteiger partial charge on any atom is -0.490 e. The number of hydrogen-bond acceptors (Lipinski definition) is 3. The summed E-state index contributed by atoms with van der Waals surface area (Å²) < 4.78 is 12.2. The van der Waals surface area contributed by atoms with Gasteiger partial charge in [-0.25, -0.2) is 4.79 Å². The first kappa shape index (κ1) is 27.9. The molecule has 34 heavy (non-hydrogen) atoms. The Morgan fingerprint density at radius 3 is 2.18 bits per heavy atom. The SMILES string of the molecule is CCCCCCCCCc1ccccc1OCCOC(=O)C(CC)[N+](C)(C)Cc1ccccc1. The van der Waals surface area contributed by atoms with E-state index >= 15 is 0 Å². The minimum absolute atomic E-state index is 0.150. The highest BCUT2D eigenvalue weighted by Gasteiger charge is 2.34. The molecule has 2 aromatic carbocycles. The molecule has 0 aliphatic rings. The van der Waals surface area contributed by atoms with Crippen molar-refractivity contribution < 1.29 is 18.8 Å². The van der Waals surface area contributed by atoms with Gasteiger partial charge in [-0.05, 0) is 24.5 Å². The highest BCUT2D eigenvalue weighted by molar-refractivity contribution is 5.74. The van der Waals surface area contributed by atoms with Gasteiger partial charge in [-0.3, -0.25) is 0 Å². The number of benzene rings is 2. The van der Waals surface area contributed by atoms with Crippen LogP contribution >= 0.6 is 0 Å². The van der Waals surface area contributed by atoms with E-state index in [1.807, 2.05) is 37.3 Å². The number of ether oxygens (including phenoxy) is 2. The third-order valence-electron chi connectivity index (χ3n) is 6.54. The molecule has 0 radical (unpaired) electrons. The van der Waals surface area contributed by atoms with Crippen LogP contribution in [-0.2, 0) is 22.5 Å². The van der Waals surface area contributed by atoms with Crippen LogP contribution in [0.5, 0.6) is 5.75 Å². The number of esters is 1. The lowest BCUT2D eigenvalue weighted by Gasteiger charge is -2.36. The Bertz CT molecular complexity index is 819. The zero-order valence-corrected chi connectivity index (χ0v) is 21.9. The molecule has 0 aliphatic heterocycles. The zero-order valence-electron chi connectivity index (χ0n) is 21.9. The van der Waals surface area contributed by atoms with Gasteiger partial charge in [0.25, 0.3) is 0 Å². The smallest absolute Gasteiger partial charge is 0.365 e. The summed E-state index contributed by atoms with van der Waals surface area (Å²) >= 11 is 0. The maximum atomic E-state index is 12.9. The molecule has 188 valence electrons. The highest BCUT2D eigenvalue weighted by Crippen LogP contribution is 2.21. The second-order valence-corrected chi connectivity index (χ2v) is 9.84. The van der Waals surface area contributed by atoms with Gasteiger partial charge in [0.2, 0.25) is 0 Å². The number of hydrogen-bond donors (Lipinski definition) is 0. The molecule has 2 rings (SSSR count). The van der Waals surface area contributed by atoms with E-state index in [0.29, 0.717) is 11.1 Å². The molecule has 4 nitrogen and oxygen atoms in total. The largest absolute Gasteiger partial charge is 0.490 e. The Morgan fingerprint density at radius 1 is 0.824 bits per heavy atom. The van der Waals surface area contributed by atoms with E-state index in [4.69, 9.17) is 9.47 Å². The van der Waals surface area contributed by atoms with Gasteiger partial charge in [-0.2, -0.15) is 0 Å². The summed E-state index contributed by atoms with van der Waals surface area (Å²) in [5.74, 6) is 0.764. The summed E-state index contributed by atoms with van der Waals surface area (Å²) in [6.45, 7) is 5.74. The molecule has 1 unspecified atom stereocenters. The number of aryl methyl sites for hydroxylation is 1. The summed E-state index contributed by atoms with van der Waals surface area (Å²) in [5.41, 5.74) is 2.47. The molecule has 0 saturated heterocycles. The maximum Gasteiger partial charge on any atom is 0.365 e. The summed E-state index contributed by atoms with van der Waals surface area (Å²) in [6, 6.07) is 18.4. The normalized spacial score (nSPS) is 12.4. The number of quaternary nitrogens is 1. The van der Waals surface area contributed by atoms with Gasteiger partial charge in [-0.1, -0.05) is 101 Å². The van der Waals surface area contributed by atoms with Crippen LogP contribution in [0.2, 0.25) is 0 Å². The minimum atomic E-state index is -0.204. The molecule has 0 saturated carbocycles. The quantitative estimate of drug-likeness (QED) is 0.143. The van der Waals surface area contributed by atoms with Crippen molar-refractivity contribution in [3.63, 3.8) is 0 Å². The fourth-order valence-electron chi connectivity index (χ4n) is 4.62. The first-order valence-electron chi connectivity index (χ1n) is 13.2. The van der Waals surface area contributed by atoms with E-state index < -0.39 is 0 Å². The number of carbonyl (C=O) groups excluding carboxylic acids is 1. The number of rotatable bonds is 17. The average Bonchev–Trinajstić information content (AvgIpc) is 2.82. The summed E-state index contributed by atoms with van der Waals surface area (Å²) in [7, 11) is 4.19. The maximum absolute atomic E-state index is 12.9. The van der Waals surface area contributed by atoms with Gasteiger partial charge in [0.15, 0.2) is 6.04 Å². The van der Waals surface area contributed by atoms with Gasteiger partial charge in [0.05, 0.1) is 14.1 Å². The number of unbranched alkanes of at least 4 members (excludes halogenated alkanes) is 6. The van der Waals surface area contributed by atoms with Crippen molar-refractivity contribution in [3.05, 3.63) is 65.7 Å². The molecular weight excluding hydrogens is 422 g/mol. The van der Waals surface area contributed by atoms with Crippen molar-refractivity contribution >= 4 is 5.97 Å². The summed E-state index contributed by atoms with van der Waals surface area (Å²) in [4.78, 5) is 12.9. The molecule has 0 bridgehead atoms. The summed E-state index contributed by atoms with van der Waals surface area (Å²) in [5, 5.41) is 0. The third kappa shape index (κ3) is 9.89. The standard InChI is InChI=1S/C30H46NO3/c1-5-7-8-9-10-11-15-20-27-21-16-17-22-29(27)33-23-24-34-30(32)28(6-2)31(3,4)25-26-18-13-12-14-19-26/h12-14,16-19,21-22,28H,5-11,15,20,23-25H2,1-4H3/q+1. The van der Waals surface area contributed by atoms with Crippen LogP contribution in [0.4, 0.5) is 0 Å². The lowest BCUT2D eigenvalue weighted by molar-refractivity contribution is -0.919. The van der Waals surface area contributed by atoms with Crippen molar-refractivity contribution in [2.45, 2.75) is 84.2 Å². The van der Waals surface area contributed by atoms with Crippen LogP contribution in [0.1, 0.15) is 76.3 Å². The predicted octanol–water partition coefficient (Wildman–Crippen LogP) is 6.96. The lowest BCUT2D eigenvalue weighted by Crippen LogP contribution is -2.52. The van der Waals surface area contributed by atoms with Crippen molar-refractivity contribution in [1.82, 2.24) is 0 Å². The second kappa shape index (κ2) is 15.5. The molecule has 0 amide bonds. The monoisotopic (exact) mass is 468 g/mol. The molecule has 4 heteroatoms. The van der Waals surface area contributed by atoms with Crippen LogP contribution in [0, 0.1) is 0 Å². The molecule has 0 N–H and O–H groups in total. The fourth-order valence-corrected chi connectivity index (χ4v) is 4.62. The first-order valence-corrected chi connectivity index (χ1v) is 13.2. The Labute approximate surface area is 207 Å². The fraction of sp³-hybridized carbons (Fsp3) is 0.567. The Kier molecular flexibility index (Phi) is 12.8. The molecule has 0 spiro atoms. The third-order valence-corrected chi connectivity index (χ3v) is 6.54. The Balaban J connectivity index is 1.76. The topological polar surface area (TPSA) is 35.5 Å². The van der Waals surface area contributed by atoms with E-state index in [-0.39, 0.29) is 18.6 Å². The van der Waals surface area contributed by atoms with Gasteiger partial charge in [0, 0.05) is 12.0 Å². The number of likely N-dealkylation sites (N-methyl/N-ethyl adjacent to an activating group) is 1. The van der Waals surface area contributed by atoms with Crippen molar-refractivity contribution in [2.75, 3.05) is 27.3 Å². The average molecular weight is 469 g/mol. The van der Waals surface area contributed by atoms with Crippen LogP contribution in [-0.4, -0.2) is 43.8 Å². The van der Waals surface area contributed by atoms with Crippen molar-refractivity contribution in [3.8, 4) is 5.75 Å². The van der Waals surface area contributed by atoms with Gasteiger partial charge in [0.1, 0.15) is 25.5 Å². The Hall–Kier alpha value is -2.33. The molecule has 0 aliphatic carbocycles. The van der Waals surface area contributed by atoms with Gasteiger partial charge < -0.3 is 14.0 Å². The lowest BCUT2D eigenvalue weighted by atomic mass is 10.0. The first-order chi connectivity index (χ1) is 16.5. The number of carbonyl (C=O) groups is 1. The van der Waals surface area contributed by atoms with Crippen LogP contribution in [0.15, 0.2) is 54.6 Å². The predicted molar refractivity (Wildman–Crippen MR) is 141 cm³/mol. The Morgan fingerprint density at radius 2 is 1.47 bits per heavy atom. The van der Waals surface area contributed by atoms with E-state index in [1.54, 1.807) is 0 Å². The van der Waals surface area contributed by atoms with Crippen LogP contribution < -0.4 is 4.74 Å². The highest BCUT2D eigenvalue weighted by atomic mass is 16.6. The van der Waals surface area contributed by atoms with E-state index in [9.17, 15) is 4.79 Å². The van der Waals surface area contributed by atoms with Crippen LogP contribution in [0.25, 0.3) is 0 Å². The van der Waals surface area contributed by atoms with E-state index in [2.05, 4.69) is 45.3 Å². The molecule has 0 fully saturated rings. The summed E-state index contributed by atoms with van der Waals surface area (Å²) in [6.07, 6.45) is 10.9. The number of para-hydroxylation sites is 1. The molecule has 2 aromatic rings. The molecular formula is C30H46NO3+. The van der Waals surface area contributed by atoms with Gasteiger partial charge in [-0.15, -0.1) is 0 Å². The number of nitrogens with zero attached hydrogens (tertiary/aromatic N) is 1. The molecule has 0 aromatic heterocycles. The van der Waals surface area contributed by atoms with Crippen LogP contribution in [0.3, 0.4) is 0 Å². The van der Waals surface area contributed by atoms with Crippen molar-refractivity contribution in [1.29, 1.82) is 0 Å². The van der Waals surface area contributed by atoms with E-state index in [0.717, 1.165) is 25.1 Å².